The Kier molecular flexibility index (Phi) is 6.02. The molecule has 0 radical (unpaired) electrons. The molecule has 0 aliphatic heterocycles. The monoisotopic (exact) mass is 360 g/mol. The lowest BCUT2D eigenvalue weighted by molar-refractivity contribution is -0.155. The Balaban J connectivity index is 2.89. The van der Waals surface area contributed by atoms with Gasteiger partial charge in [-0.05, 0) is 32.9 Å². The molecule has 1 aromatic rings. The Hall–Kier alpha value is -1.79. The number of amides is 2. The first-order valence-corrected chi connectivity index (χ1v) is 7.51. The molecule has 126 valence electrons. The maximum Gasteiger partial charge on any atom is 0.329 e. The van der Waals surface area contributed by atoms with E-state index in [4.69, 9.17) is 28.3 Å². The molecule has 0 aliphatic carbocycles. The standard InChI is InChI=1S/C15H18Cl2N2O4/c1-8(13(21)19(4)15(2,3)14(22)23)18-12(20)9-6-5-7-10(16)11(9)17/h5-8H,1-4H3,(H,18,20)(H,22,23). The van der Waals surface area contributed by atoms with E-state index >= 15 is 0 Å². The number of carboxylic acids is 1. The summed E-state index contributed by atoms with van der Waals surface area (Å²) in [5, 5.41) is 12.0. The van der Waals surface area contributed by atoms with E-state index in [1.807, 2.05) is 0 Å². The predicted molar refractivity (Wildman–Crippen MR) is 87.9 cm³/mol. The second kappa shape index (κ2) is 7.19. The number of nitrogens with one attached hydrogen (secondary N) is 1. The summed E-state index contributed by atoms with van der Waals surface area (Å²) in [5.41, 5.74) is -1.26. The van der Waals surface area contributed by atoms with Crippen LogP contribution in [0.3, 0.4) is 0 Å². The lowest BCUT2D eigenvalue weighted by atomic mass is 10.0. The fourth-order valence-corrected chi connectivity index (χ4v) is 2.11. The Morgan fingerprint density at radius 2 is 1.83 bits per heavy atom. The van der Waals surface area contributed by atoms with Gasteiger partial charge in [0.25, 0.3) is 5.91 Å². The average molecular weight is 361 g/mol. The first kappa shape index (κ1) is 19.3. The summed E-state index contributed by atoms with van der Waals surface area (Å²) in [4.78, 5) is 36.8. The van der Waals surface area contributed by atoms with Gasteiger partial charge in [0.05, 0.1) is 15.6 Å². The van der Waals surface area contributed by atoms with Gasteiger partial charge >= 0.3 is 5.97 Å². The summed E-state index contributed by atoms with van der Waals surface area (Å²) in [6.07, 6.45) is 0. The zero-order valence-corrected chi connectivity index (χ0v) is 14.7. The number of carbonyl (C=O) groups is 3. The van der Waals surface area contributed by atoms with Gasteiger partial charge in [0.2, 0.25) is 5.91 Å². The fourth-order valence-electron chi connectivity index (χ4n) is 1.72. The summed E-state index contributed by atoms with van der Waals surface area (Å²) < 4.78 is 0. The second-order valence-electron chi connectivity index (χ2n) is 5.56. The molecule has 1 rings (SSSR count). The quantitative estimate of drug-likeness (QED) is 0.843. The van der Waals surface area contributed by atoms with Crippen LogP contribution in [0.5, 0.6) is 0 Å². The Bertz CT molecular complexity index is 646. The molecule has 1 aromatic carbocycles. The topological polar surface area (TPSA) is 86.7 Å². The van der Waals surface area contributed by atoms with Gasteiger partial charge in [-0.25, -0.2) is 4.79 Å². The highest BCUT2D eigenvalue weighted by molar-refractivity contribution is 6.43. The number of rotatable bonds is 5. The Morgan fingerprint density at radius 3 is 2.35 bits per heavy atom. The molecule has 1 unspecified atom stereocenters. The number of hydrogen-bond acceptors (Lipinski definition) is 3. The number of nitrogens with zero attached hydrogens (tertiary/aromatic N) is 1. The third-order valence-corrected chi connectivity index (χ3v) is 4.43. The van der Waals surface area contributed by atoms with E-state index in [9.17, 15) is 14.4 Å². The Labute approximate surface area is 144 Å². The Morgan fingerprint density at radius 1 is 1.26 bits per heavy atom. The number of likely N-dealkylation sites (N-methyl/N-ethyl adjacent to an activating group) is 1. The van der Waals surface area contributed by atoms with Crippen molar-refractivity contribution in [3.63, 3.8) is 0 Å². The third kappa shape index (κ3) is 4.14. The highest BCUT2D eigenvalue weighted by Gasteiger charge is 2.37. The van der Waals surface area contributed by atoms with Gasteiger partial charge in [0.15, 0.2) is 0 Å². The molecular weight excluding hydrogens is 343 g/mol. The minimum absolute atomic E-state index is 0.0885. The maximum atomic E-state index is 12.3. The first-order chi connectivity index (χ1) is 10.5. The van der Waals surface area contributed by atoms with Crippen LogP contribution in [0.1, 0.15) is 31.1 Å². The van der Waals surface area contributed by atoms with Gasteiger partial charge in [-0.3, -0.25) is 9.59 Å². The van der Waals surface area contributed by atoms with E-state index in [0.717, 1.165) is 4.90 Å². The number of benzene rings is 1. The maximum absolute atomic E-state index is 12.3. The van der Waals surface area contributed by atoms with Crippen LogP contribution in [0.25, 0.3) is 0 Å². The molecule has 23 heavy (non-hydrogen) atoms. The molecule has 0 spiro atoms. The van der Waals surface area contributed by atoms with Gasteiger partial charge in [-0.1, -0.05) is 29.3 Å². The van der Waals surface area contributed by atoms with Crippen molar-refractivity contribution in [1.82, 2.24) is 10.2 Å². The number of hydrogen-bond donors (Lipinski definition) is 2. The van der Waals surface area contributed by atoms with Crippen LogP contribution in [0.2, 0.25) is 10.0 Å². The number of aliphatic carboxylic acids is 1. The molecule has 0 aromatic heterocycles. The number of carbonyl (C=O) groups excluding carboxylic acids is 2. The van der Waals surface area contributed by atoms with E-state index in [0.29, 0.717) is 0 Å². The van der Waals surface area contributed by atoms with Crippen molar-refractivity contribution in [1.29, 1.82) is 0 Å². The molecule has 6 nitrogen and oxygen atoms in total. The molecule has 0 bridgehead atoms. The molecule has 0 saturated heterocycles. The molecule has 1 atom stereocenters. The molecule has 8 heteroatoms. The van der Waals surface area contributed by atoms with Crippen molar-refractivity contribution in [3.05, 3.63) is 33.8 Å². The van der Waals surface area contributed by atoms with Crippen molar-refractivity contribution in [3.8, 4) is 0 Å². The minimum Gasteiger partial charge on any atom is -0.480 e. The molecular formula is C15H18Cl2N2O4. The van der Waals surface area contributed by atoms with Crippen LogP contribution in [-0.4, -0.2) is 46.4 Å². The fraction of sp³-hybridized carbons (Fsp3) is 0.400. The van der Waals surface area contributed by atoms with Gasteiger partial charge in [0.1, 0.15) is 11.6 Å². The van der Waals surface area contributed by atoms with Crippen LogP contribution in [-0.2, 0) is 9.59 Å². The highest BCUT2D eigenvalue weighted by Crippen LogP contribution is 2.25. The summed E-state index contributed by atoms with van der Waals surface area (Å²) in [5.74, 6) is -2.26. The van der Waals surface area contributed by atoms with E-state index in [2.05, 4.69) is 5.32 Å². The number of carboxylic acid groups (broad SMARTS) is 1. The molecule has 0 saturated carbocycles. The van der Waals surface area contributed by atoms with Crippen LogP contribution in [0, 0.1) is 0 Å². The van der Waals surface area contributed by atoms with Crippen LogP contribution in [0.4, 0.5) is 0 Å². The SMILES string of the molecule is CC(NC(=O)c1cccc(Cl)c1Cl)C(=O)N(C)C(C)(C)C(=O)O. The largest absolute Gasteiger partial charge is 0.480 e. The van der Waals surface area contributed by atoms with E-state index in [1.165, 1.54) is 33.9 Å². The van der Waals surface area contributed by atoms with Crippen LogP contribution >= 0.6 is 23.2 Å². The van der Waals surface area contributed by atoms with E-state index in [1.54, 1.807) is 12.1 Å². The predicted octanol–water partition coefficient (Wildman–Crippen LogP) is 2.43. The van der Waals surface area contributed by atoms with Gasteiger partial charge in [-0.15, -0.1) is 0 Å². The van der Waals surface area contributed by atoms with Crippen molar-refractivity contribution in [2.24, 2.45) is 0 Å². The van der Waals surface area contributed by atoms with Gasteiger partial charge < -0.3 is 15.3 Å². The van der Waals surface area contributed by atoms with E-state index < -0.39 is 29.4 Å². The minimum atomic E-state index is -1.40. The first-order valence-electron chi connectivity index (χ1n) is 6.76. The van der Waals surface area contributed by atoms with Crippen molar-refractivity contribution in [2.75, 3.05) is 7.05 Å². The normalized spacial score (nSPS) is 12.4. The smallest absolute Gasteiger partial charge is 0.329 e. The van der Waals surface area contributed by atoms with Crippen molar-refractivity contribution < 1.29 is 19.5 Å². The summed E-state index contributed by atoms with van der Waals surface area (Å²) in [6.45, 7) is 4.26. The zero-order chi connectivity index (χ0) is 17.9. The van der Waals surface area contributed by atoms with Crippen LogP contribution in [0.15, 0.2) is 18.2 Å². The van der Waals surface area contributed by atoms with Crippen molar-refractivity contribution >= 4 is 41.0 Å². The van der Waals surface area contributed by atoms with Crippen LogP contribution < -0.4 is 5.32 Å². The number of halogens is 2. The molecule has 2 amide bonds. The summed E-state index contributed by atoms with van der Waals surface area (Å²) in [7, 11) is 1.37. The lowest BCUT2D eigenvalue weighted by Gasteiger charge is -2.33. The van der Waals surface area contributed by atoms with Crippen molar-refractivity contribution in [2.45, 2.75) is 32.4 Å². The molecule has 2 N–H and O–H groups in total. The molecule has 0 aliphatic rings. The molecule has 0 fully saturated rings. The second-order valence-corrected chi connectivity index (χ2v) is 6.34. The van der Waals surface area contributed by atoms with Gasteiger partial charge in [0, 0.05) is 7.05 Å². The summed E-state index contributed by atoms with van der Waals surface area (Å²) >= 11 is 11.8. The van der Waals surface area contributed by atoms with E-state index in [-0.39, 0.29) is 15.6 Å². The highest BCUT2D eigenvalue weighted by atomic mass is 35.5. The summed E-state index contributed by atoms with van der Waals surface area (Å²) in [6, 6.07) is 3.65. The van der Waals surface area contributed by atoms with Gasteiger partial charge in [-0.2, -0.15) is 0 Å². The molecule has 0 heterocycles. The third-order valence-electron chi connectivity index (χ3n) is 3.61. The lowest BCUT2D eigenvalue weighted by Crippen LogP contribution is -2.56. The zero-order valence-electron chi connectivity index (χ0n) is 13.2. The average Bonchev–Trinajstić information content (AvgIpc) is 2.47.